The van der Waals surface area contributed by atoms with Gasteiger partial charge >= 0.3 is 5.97 Å². The first-order valence-electron chi connectivity index (χ1n) is 11.9. The molecule has 176 valence electrons. The molecule has 0 aliphatic heterocycles. The van der Waals surface area contributed by atoms with Crippen molar-refractivity contribution < 1.29 is 18.8 Å². The van der Waals surface area contributed by atoms with Crippen LogP contribution < -0.4 is 9.30 Å². The van der Waals surface area contributed by atoms with Crippen molar-refractivity contribution in [3.8, 4) is 5.75 Å². The van der Waals surface area contributed by atoms with E-state index >= 15 is 0 Å². The number of benzene rings is 2. The Morgan fingerprint density at radius 2 is 1.88 bits per heavy atom. The Hall–Kier alpha value is -2.53. The molecule has 6 heteroatoms. The zero-order valence-corrected chi connectivity index (χ0v) is 20.7. The summed E-state index contributed by atoms with van der Waals surface area (Å²) in [7, 11) is 2.00. The number of aromatic nitrogens is 2. The lowest BCUT2D eigenvalue weighted by molar-refractivity contribution is -0.655. The number of halogens is 1. The Kier molecular flexibility index (Phi) is 7.28. The molecule has 0 bridgehead atoms. The van der Waals surface area contributed by atoms with Crippen LogP contribution >= 0.6 is 11.6 Å². The average molecular weight is 470 g/mol. The fourth-order valence-electron chi connectivity index (χ4n) is 5.05. The van der Waals surface area contributed by atoms with Crippen molar-refractivity contribution in [2.75, 3.05) is 0 Å². The molecule has 1 aromatic heterocycles. The summed E-state index contributed by atoms with van der Waals surface area (Å²) in [5.41, 5.74) is 2.04. The number of rotatable bonds is 7. The van der Waals surface area contributed by atoms with Gasteiger partial charge in [0.05, 0.1) is 7.05 Å². The summed E-state index contributed by atoms with van der Waals surface area (Å²) in [5, 5.41) is 0.668. The highest BCUT2D eigenvalue weighted by molar-refractivity contribution is 6.30. The first kappa shape index (κ1) is 23.6. The first-order chi connectivity index (χ1) is 15.8. The van der Waals surface area contributed by atoms with Gasteiger partial charge in [-0.05, 0) is 67.0 Å². The van der Waals surface area contributed by atoms with Gasteiger partial charge in [-0.1, -0.05) is 50.9 Å². The minimum absolute atomic E-state index is 0.00871. The third-order valence-electron chi connectivity index (χ3n) is 6.95. The Balaban J connectivity index is 1.56. The van der Waals surface area contributed by atoms with Gasteiger partial charge in [-0.2, -0.15) is 0 Å². The van der Waals surface area contributed by atoms with Crippen molar-refractivity contribution in [2.24, 2.45) is 24.8 Å². The van der Waals surface area contributed by atoms with Crippen LogP contribution in [-0.4, -0.2) is 16.6 Å². The second kappa shape index (κ2) is 10.2. The Bertz CT molecular complexity index is 1110. The van der Waals surface area contributed by atoms with Crippen molar-refractivity contribution >= 4 is 28.6 Å². The number of fused-ring (bicyclic) bond motifs is 1. The molecule has 4 rings (SSSR count). The Morgan fingerprint density at radius 3 is 2.61 bits per heavy atom. The van der Waals surface area contributed by atoms with Gasteiger partial charge in [-0.25, -0.2) is 13.9 Å². The van der Waals surface area contributed by atoms with Gasteiger partial charge < -0.3 is 9.47 Å². The lowest BCUT2D eigenvalue weighted by atomic mass is 9.75. The van der Waals surface area contributed by atoms with E-state index in [1.165, 1.54) is 6.42 Å². The van der Waals surface area contributed by atoms with Crippen molar-refractivity contribution in [1.29, 1.82) is 0 Å². The molecule has 1 aliphatic carbocycles. The fourth-order valence-corrected chi connectivity index (χ4v) is 5.18. The number of aryl methyl sites for hydroxylation is 1. The molecule has 0 radical (unpaired) electrons. The number of hydrogen-bond donors (Lipinski definition) is 0. The smallest absolute Gasteiger partial charge is 0.348 e. The van der Waals surface area contributed by atoms with E-state index < -0.39 is 0 Å². The second-order valence-electron chi connectivity index (χ2n) is 9.65. The predicted molar refractivity (Wildman–Crippen MR) is 130 cm³/mol. The summed E-state index contributed by atoms with van der Waals surface area (Å²) in [4.78, 5) is 13.2. The Morgan fingerprint density at radius 1 is 1.15 bits per heavy atom. The average Bonchev–Trinajstić information content (AvgIpc) is 3.04. The number of carbonyl (C=O) groups excluding carboxylic acids is 1. The molecule has 0 N–H and O–H groups in total. The van der Waals surface area contributed by atoms with Gasteiger partial charge in [-0.3, -0.25) is 0 Å². The van der Waals surface area contributed by atoms with E-state index in [-0.39, 0.29) is 18.6 Å². The number of carbonyl (C=O) groups is 1. The van der Waals surface area contributed by atoms with Crippen molar-refractivity contribution in [1.82, 2.24) is 4.57 Å². The lowest BCUT2D eigenvalue weighted by Gasteiger charge is -2.36. The van der Waals surface area contributed by atoms with Gasteiger partial charge in [0, 0.05) is 5.02 Å². The van der Waals surface area contributed by atoms with E-state index in [1.807, 2.05) is 41.9 Å². The third-order valence-corrected chi connectivity index (χ3v) is 7.20. The molecule has 0 unspecified atom stereocenters. The van der Waals surface area contributed by atoms with Crippen molar-refractivity contribution in [3.05, 3.63) is 59.4 Å². The lowest BCUT2D eigenvalue weighted by Crippen LogP contribution is -2.37. The van der Waals surface area contributed by atoms with E-state index in [0.29, 0.717) is 29.4 Å². The first-order valence-corrected chi connectivity index (χ1v) is 12.2. The standard InChI is InChI=1S/C27H34ClN2O3/c1-18(2)22-14-9-19(3)15-25(22)33-27(31)16-30-24-8-6-5-7-23(24)29(4)26(30)17-32-21-12-10-20(28)11-13-21/h5-8,10-13,18-19,22,25H,9,14-17H2,1-4H3/q+1/t19-,22+,25+/m1/s1. The monoisotopic (exact) mass is 469 g/mol. The number of esters is 1. The molecule has 3 aromatic rings. The van der Waals surface area contributed by atoms with Crippen LogP contribution in [0.3, 0.4) is 0 Å². The quantitative estimate of drug-likeness (QED) is 0.329. The summed E-state index contributed by atoms with van der Waals surface area (Å²) in [6, 6.07) is 15.4. The molecule has 3 atom stereocenters. The van der Waals surface area contributed by atoms with Crippen molar-refractivity contribution in [3.63, 3.8) is 0 Å². The third kappa shape index (κ3) is 5.35. The minimum Gasteiger partial charge on any atom is -0.481 e. The van der Waals surface area contributed by atoms with Gasteiger partial charge in [0.15, 0.2) is 24.2 Å². The molecule has 0 amide bonds. The van der Waals surface area contributed by atoms with Crippen LogP contribution in [0, 0.1) is 17.8 Å². The van der Waals surface area contributed by atoms with Gasteiger partial charge in [0.2, 0.25) is 0 Å². The number of ether oxygens (including phenoxy) is 2. The highest BCUT2D eigenvalue weighted by Gasteiger charge is 2.34. The molecular formula is C27H34ClN2O3+. The van der Waals surface area contributed by atoms with Crippen LogP contribution in [-0.2, 0) is 29.7 Å². The second-order valence-corrected chi connectivity index (χ2v) is 10.1. The van der Waals surface area contributed by atoms with Crippen LogP contribution in [0.15, 0.2) is 48.5 Å². The molecule has 1 saturated carbocycles. The molecule has 1 fully saturated rings. The van der Waals surface area contributed by atoms with E-state index in [0.717, 1.165) is 35.4 Å². The molecule has 1 aliphatic rings. The highest BCUT2D eigenvalue weighted by atomic mass is 35.5. The van der Waals surface area contributed by atoms with Crippen LogP contribution in [0.25, 0.3) is 11.0 Å². The maximum absolute atomic E-state index is 13.2. The summed E-state index contributed by atoms with van der Waals surface area (Å²) >= 11 is 5.99. The normalized spacial score (nSPS) is 20.8. The van der Waals surface area contributed by atoms with Gasteiger partial charge in [0.1, 0.15) is 11.9 Å². The summed E-state index contributed by atoms with van der Waals surface area (Å²) in [5.74, 6) is 2.97. The van der Waals surface area contributed by atoms with E-state index in [1.54, 1.807) is 12.1 Å². The summed E-state index contributed by atoms with van der Waals surface area (Å²) in [6.45, 7) is 7.20. The number of nitrogens with zero attached hydrogens (tertiary/aromatic N) is 2. The number of imidazole rings is 1. The molecule has 5 nitrogen and oxygen atoms in total. The number of hydrogen-bond acceptors (Lipinski definition) is 3. The Labute approximate surface area is 201 Å². The van der Waals surface area contributed by atoms with Crippen LogP contribution in [0.4, 0.5) is 0 Å². The number of para-hydroxylation sites is 2. The van der Waals surface area contributed by atoms with Crippen molar-refractivity contribution in [2.45, 2.75) is 59.3 Å². The van der Waals surface area contributed by atoms with E-state index in [9.17, 15) is 4.79 Å². The maximum atomic E-state index is 13.2. The van der Waals surface area contributed by atoms with Gasteiger partial charge in [0.25, 0.3) is 5.82 Å². The SMILES string of the molecule is CC(C)[C@@H]1CC[C@@H](C)C[C@@H]1OC(=O)Cn1c(COc2ccc(Cl)cc2)[n+](C)c2ccccc21. The zero-order valence-electron chi connectivity index (χ0n) is 20.0. The minimum atomic E-state index is -0.186. The fraction of sp³-hybridized carbons (Fsp3) is 0.481. The molecule has 33 heavy (non-hydrogen) atoms. The largest absolute Gasteiger partial charge is 0.481 e. The van der Waals surface area contributed by atoms with E-state index in [2.05, 4.69) is 31.4 Å². The molecule has 1 heterocycles. The van der Waals surface area contributed by atoms with Crippen LogP contribution in [0.2, 0.25) is 5.02 Å². The zero-order chi connectivity index (χ0) is 23.5. The van der Waals surface area contributed by atoms with Crippen LogP contribution in [0.1, 0.15) is 45.9 Å². The molecular weight excluding hydrogens is 436 g/mol. The molecule has 0 saturated heterocycles. The van der Waals surface area contributed by atoms with E-state index in [4.69, 9.17) is 21.1 Å². The summed E-state index contributed by atoms with van der Waals surface area (Å²) < 4.78 is 16.2. The maximum Gasteiger partial charge on any atom is 0.348 e. The highest BCUT2D eigenvalue weighted by Crippen LogP contribution is 2.35. The van der Waals surface area contributed by atoms with Gasteiger partial charge in [-0.15, -0.1) is 0 Å². The molecule has 2 aromatic carbocycles. The topological polar surface area (TPSA) is 44.3 Å². The summed E-state index contributed by atoms with van der Waals surface area (Å²) in [6.07, 6.45) is 3.27. The predicted octanol–water partition coefficient (Wildman–Crippen LogP) is 5.70. The molecule has 0 spiro atoms. The van der Waals surface area contributed by atoms with Crippen LogP contribution in [0.5, 0.6) is 5.75 Å².